The molecule has 0 N–H and O–H groups in total. The van der Waals surface area contributed by atoms with Crippen LogP contribution in [0.1, 0.15) is 30.5 Å². The molecule has 0 aliphatic carbocycles. The summed E-state index contributed by atoms with van der Waals surface area (Å²) in [5.74, 6) is 0.401. The van der Waals surface area contributed by atoms with Crippen molar-refractivity contribution in [2.75, 3.05) is 25.1 Å². The smallest absolute Gasteiger partial charge is 0.0641 e. The minimum Gasteiger partial charge on any atom is -0.383 e. The van der Waals surface area contributed by atoms with Crippen LogP contribution in [0, 0.1) is 0 Å². The van der Waals surface area contributed by atoms with Gasteiger partial charge in [-0.25, -0.2) is 0 Å². The van der Waals surface area contributed by atoms with Gasteiger partial charge in [-0.1, -0.05) is 37.3 Å². The normalized spacial score (nSPS) is 12.1. The molecule has 3 nitrogen and oxygen atoms in total. The molecule has 1 unspecified atom stereocenters. The molecule has 0 aliphatic rings. The molecule has 3 aromatic rings. The van der Waals surface area contributed by atoms with Crippen molar-refractivity contribution in [1.29, 1.82) is 0 Å². The first-order chi connectivity index (χ1) is 13.2. The summed E-state index contributed by atoms with van der Waals surface area (Å²) in [6.07, 6.45) is 3.22. The maximum Gasteiger partial charge on any atom is 0.0641 e. The van der Waals surface area contributed by atoms with Crippen molar-refractivity contribution in [2.45, 2.75) is 30.7 Å². The average molecular weight is 381 g/mol. The van der Waals surface area contributed by atoms with Crippen molar-refractivity contribution < 1.29 is 4.74 Å². The third-order valence-electron chi connectivity index (χ3n) is 4.81. The predicted molar refractivity (Wildman–Crippen MR) is 116 cm³/mol. The number of hydrogen-bond donors (Lipinski definition) is 0. The molecule has 4 heteroatoms. The minimum absolute atomic E-state index is 0.401. The van der Waals surface area contributed by atoms with Crippen LogP contribution in [0.25, 0.3) is 0 Å². The van der Waals surface area contributed by atoms with Gasteiger partial charge in [0.05, 0.1) is 6.61 Å². The molecular weight excluding hydrogens is 352 g/mol. The van der Waals surface area contributed by atoms with Gasteiger partial charge in [0.1, 0.15) is 0 Å². The zero-order valence-electron chi connectivity index (χ0n) is 16.3. The first-order valence-electron chi connectivity index (χ1n) is 9.43. The van der Waals surface area contributed by atoms with Crippen molar-refractivity contribution in [3.8, 4) is 0 Å². The second-order valence-electron chi connectivity index (χ2n) is 6.57. The fourth-order valence-corrected chi connectivity index (χ4v) is 4.18. The van der Waals surface area contributed by atoms with Gasteiger partial charge in [-0.05, 0) is 60.3 Å². The first kappa shape index (κ1) is 19.6. The van der Waals surface area contributed by atoms with Crippen LogP contribution in [0.4, 0.5) is 5.69 Å². The van der Waals surface area contributed by atoms with Crippen LogP contribution in [0.2, 0.25) is 0 Å². The highest BCUT2D eigenvalue weighted by molar-refractivity contribution is 8.00. The highest BCUT2D eigenvalue weighted by atomic mass is 32.2. The molecule has 2 aromatic carbocycles. The van der Waals surface area contributed by atoms with E-state index in [4.69, 9.17) is 4.74 Å². The van der Waals surface area contributed by atoms with E-state index in [1.807, 2.05) is 6.07 Å². The number of anilines is 1. The molecule has 142 valence electrons. The number of rotatable bonds is 9. The van der Waals surface area contributed by atoms with Crippen LogP contribution in [-0.4, -0.2) is 25.3 Å². The van der Waals surface area contributed by atoms with Gasteiger partial charge in [0.15, 0.2) is 0 Å². The van der Waals surface area contributed by atoms with Crippen molar-refractivity contribution in [3.05, 3.63) is 84.2 Å². The zero-order chi connectivity index (χ0) is 19.1. The van der Waals surface area contributed by atoms with E-state index in [1.165, 1.54) is 21.8 Å². The summed E-state index contributed by atoms with van der Waals surface area (Å²) in [7, 11) is 3.86. The molecular formula is C23H28N2OS. The highest BCUT2D eigenvalue weighted by Crippen LogP contribution is 2.32. The lowest BCUT2D eigenvalue weighted by atomic mass is 9.93. The summed E-state index contributed by atoms with van der Waals surface area (Å²) >= 11 is 1.74. The van der Waals surface area contributed by atoms with E-state index < -0.39 is 0 Å². The van der Waals surface area contributed by atoms with E-state index in [-0.39, 0.29) is 0 Å². The largest absolute Gasteiger partial charge is 0.383 e. The molecule has 1 atom stereocenters. The van der Waals surface area contributed by atoms with E-state index in [0.717, 1.165) is 19.6 Å². The molecule has 0 radical (unpaired) electrons. The van der Waals surface area contributed by atoms with Gasteiger partial charge in [-0.15, -0.1) is 0 Å². The molecule has 0 amide bonds. The number of aromatic nitrogens is 1. The fraction of sp³-hybridized carbons (Fsp3) is 0.304. The van der Waals surface area contributed by atoms with E-state index in [9.17, 15) is 0 Å². The van der Waals surface area contributed by atoms with Crippen LogP contribution < -0.4 is 4.31 Å². The standard InChI is InChI=1S/C23H28N2OS/c1-4-22(23-11-8-16-25(23)17-18-26-3)19-12-14-20(15-13-19)24(2)27-21-9-6-5-7-10-21/h5-16,22H,4,17-18H2,1-3H3. The van der Waals surface area contributed by atoms with Gasteiger partial charge in [-0.2, -0.15) is 0 Å². The SMILES string of the molecule is CCC(c1ccc(N(C)Sc2ccccc2)cc1)c1cccn1CCOC. The van der Waals surface area contributed by atoms with Crippen molar-refractivity contribution in [2.24, 2.45) is 0 Å². The van der Waals surface area contributed by atoms with E-state index >= 15 is 0 Å². The number of methoxy groups -OCH3 is 1. The van der Waals surface area contributed by atoms with E-state index in [2.05, 4.69) is 89.7 Å². The van der Waals surface area contributed by atoms with Gasteiger partial charge in [0.25, 0.3) is 0 Å². The lowest BCUT2D eigenvalue weighted by molar-refractivity contribution is 0.186. The molecule has 0 saturated heterocycles. The Hall–Kier alpha value is -2.17. The van der Waals surface area contributed by atoms with Crippen LogP contribution in [0.15, 0.2) is 77.8 Å². The Morgan fingerprint density at radius 1 is 1.00 bits per heavy atom. The second kappa shape index (κ2) is 9.67. The molecule has 1 aromatic heterocycles. The van der Waals surface area contributed by atoms with E-state index in [1.54, 1.807) is 19.1 Å². The molecule has 0 bridgehead atoms. The number of ether oxygens (including phenoxy) is 1. The molecule has 3 rings (SSSR count). The van der Waals surface area contributed by atoms with Crippen LogP contribution in [-0.2, 0) is 11.3 Å². The summed E-state index contributed by atoms with van der Waals surface area (Å²) in [5.41, 5.74) is 3.92. The molecule has 0 aliphatic heterocycles. The van der Waals surface area contributed by atoms with Crippen LogP contribution in [0.3, 0.4) is 0 Å². The molecule has 0 saturated carbocycles. The maximum absolute atomic E-state index is 5.25. The first-order valence-corrected chi connectivity index (χ1v) is 10.2. The zero-order valence-corrected chi connectivity index (χ0v) is 17.2. The quantitative estimate of drug-likeness (QED) is 0.436. The van der Waals surface area contributed by atoms with Crippen LogP contribution >= 0.6 is 11.9 Å². The number of nitrogens with zero attached hydrogens (tertiary/aromatic N) is 2. The van der Waals surface area contributed by atoms with Gasteiger partial charge in [0.2, 0.25) is 0 Å². The summed E-state index contributed by atoms with van der Waals surface area (Å²) in [6.45, 7) is 3.88. The van der Waals surface area contributed by atoms with Crippen LogP contribution in [0.5, 0.6) is 0 Å². The monoisotopic (exact) mass is 380 g/mol. The Balaban J connectivity index is 1.74. The molecule has 1 heterocycles. The summed E-state index contributed by atoms with van der Waals surface area (Å²) < 4.78 is 9.77. The Bertz CT molecular complexity index is 814. The van der Waals surface area contributed by atoms with Gasteiger partial charge in [0, 0.05) is 49.1 Å². The maximum atomic E-state index is 5.25. The van der Waals surface area contributed by atoms with Gasteiger partial charge in [-0.3, -0.25) is 0 Å². The number of benzene rings is 2. The van der Waals surface area contributed by atoms with Crippen molar-refractivity contribution in [3.63, 3.8) is 0 Å². The molecule has 0 spiro atoms. The molecule has 0 fully saturated rings. The van der Waals surface area contributed by atoms with Crippen molar-refractivity contribution in [1.82, 2.24) is 4.57 Å². The Kier molecular flexibility index (Phi) is 7.02. The lowest BCUT2D eigenvalue weighted by Crippen LogP contribution is -2.11. The topological polar surface area (TPSA) is 17.4 Å². The highest BCUT2D eigenvalue weighted by Gasteiger charge is 2.16. The number of hydrogen-bond acceptors (Lipinski definition) is 3. The van der Waals surface area contributed by atoms with Crippen molar-refractivity contribution >= 4 is 17.6 Å². The third kappa shape index (κ3) is 4.96. The second-order valence-corrected chi connectivity index (χ2v) is 7.78. The Morgan fingerprint density at radius 2 is 1.74 bits per heavy atom. The molecule has 27 heavy (non-hydrogen) atoms. The predicted octanol–water partition coefficient (Wildman–Crippen LogP) is 5.82. The minimum atomic E-state index is 0.401. The Labute approximate surface area is 167 Å². The third-order valence-corrected chi connectivity index (χ3v) is 5.78. The fourth-order valence-electron chi connectivity index (χ4n) is 3.36. The summed E-state index contributed by atoms with van der Waals surface area (Å²) in [5, 5.41) is 0. The average Bonchev–Trinajstić information content (AvgIpc) is 3.16. The summed E-state index contributed by atoms with van der Waals surface area (Å²) in [4.78, 5) is 1.24. The van der Waals surface area contributed by atoms with Gasteiger partial charge >= 0.3 is 0 Å². The van der Waals surface area contributed by atoms with E-state index in [0.29, 0.717) is 5.92 Å². The summed E-state index contributed by atoms with van der Waals surface area (Å²) in [6, 6.07) is 23.8. The lowest BCUT2D eigenvalue weighted by Gasteiger charge is -2.21. The van der Waals surface area contributed by atoms with Gasteiger partial charge < -0.3 is 13.6 Å². The Morgan fingerprint density at radius 3 is 2.41 bits per heavy atom.